The Labute approximate surface area is 145 Å². The van der Waals surface area contributed by atoms with Gasteiger partial charge in [-0.2, -0.15) is 0 Å². The highest BCUT2D eigenvalue weighted by Crippen LogP contribution is 2.27. The molecule has 0 radical (unpaired) electrons. The second-order valence-electron chi connectivity index (χ2n) is 7.06. The van der Waals surface area contributed by atoms with Crippen molar-refractivity contribution in [3.8, 4) is 0 Å². The fourth-order valence-corrected chi connectivity index (χ4v) is 4.60. The van der Waals surface area contributed by atoms with Crippen LogP contribution >= 0.6 is 0 Å². The maximum absolute atomic E-state index is 12.9. The minimum Gasteiger partial charge on any atom is -0.341 e. The van der Waals surface area contributed by atoms with Gasteiger partial charge in [0.1, 0.15) is 6.04 Å². The molecule has 134 valence electrons. The summed E-state index contributed by atoms with van der Waals surface area (Å²) >= 11 is 0. The number of aryl methyl sites for hydroxylation is 2. The normalized spacial score (nSPS) is 19.9. The van der Waals surface area contributed by atoms with Crippen LogP contribution in [0.5, 0.6) is 0 Å². The Morgan fingerprint density at radius 3 is 2.58 bits per heavy atom. The number of hydrogen-bond donors (Lipinski definition) is 0. The van der Waals surface area contributed by atoms with Gasteiger partial charge >= 0.3 is 0 Å². The summed E-state index contributed by atoms with van der Waals surface area (Å²) in [5.74, 6) is 0.343. The molecule has 24 heavy (non-hydrogen) atoms. The number of carbonyl (C=O) groups excluding carboxylic acids is 1. The van der Waals surface area contributed by atoms with Gasteiger partial charge in [-0.3, -0.25) is 9.10 Å². The van der Waals surface area contributed by atoms with Gasteiger partial charge in [-0.05, 0) is 56.7 Å². The maximum atomic E-state index is 12.9. The van der Waals surface area contributed by atoms with Crippen molar-refractivity contribution >= 4 is 21.6 Å². The van der Waals surface area contributed by atoms with Crippen LogP contribution in [0.25, 0.3) is 0 Å². The van der Waals surface area contributed by atoms with Crippen LogP contribution in [0.15, 0.2) is 18.2 Å². The van der Waals surface area contributed by atoms with Gasteiger partial charge in [0.2, 0.25) is 15.9 Å². The minimum absolute atomic E-state index is 0.118. The summed E-state index contributed by atoms with van der Waals surface area (Å²) in [5.41, 5.74) is 2.40. The number of hydrogen-bond acceptors (Lipinski definition) is 3. The highest BCUT2D eigenvalue weighted by molar-refractivity contribution is 7.92. The van der Waals surface area contributed by atoms with E-state index < -0.39 is 16.1 Å². The van der Waals surface area contributed by atoms with E-state index in [-0.39, 0.29) is 5.91 Å². The van der Waals surface area contributed by atoms with Crippen LogP contribution in [0.1, 0.15) is 37.8 Å². The van der Waals surface area contributed by atoms with Gasteiger partial charge in [0.05, 0.1) is 11.9 Å². The third-order valence-corrected chi connectivity index (χ3v) is 5.86. The number of carbonyl (C=O) groups is 1. The summed E-state index contributed by atoms with van der Waals surface area (Å²) in [6.07, 6.45) is 3.25. The molecular formula is C18H28N2O3S. The Bertz CT molecular complexity index is 715. The topological polar surface area (TPSA) is 57.7 Å². The molecule has 0 bridgehead atoms. The van der Waals surface area contributed by atoms with Crippen molar-refractivity contribution in [1.82, 2.24) is 4.90 Å². The molecule has 2 atom stereocenters. The van der Waals surface area contributed by atoms with E-state index in [9.17, 15) is 13.2 Å². The number of amides is 1. The Kier molecular flexibility index (Phi) is 5.58. The van der Waals surface area contributed by atoms with E-state index in [4.69, 9.17) is 0 Å². The lowest BCUT2D eigenvalue weighted by Gasteiger charge is -2.36. The predicted molar refractivity (Wildman–Crippen MR) is 97.7 cm³/mol. The number of benzene rings is 1. The molecular weight excluding hydrogens is 324 g/mol. The SMILES string of the molecule is Cc1ccc(C)c(N(C(C)C(=O)N2CCCC(C)C2)S(C)(=O)=O)c1. The van der Waals surface area contributed by atoms with Crippen LogP contribution in [-0.2, 0) is 14.8 Å². The van der Waals surface area contributed by atoms with Crippen LogP contribution in [0, 0.1) is 19.8 Å². The van der Waals surface area contributed by atoms with Gasteiger partial charge in [0, 0.05) is 13.1 Å². The average molecular weight is 353 g/mol. The first-order valence-corrected chi connectivity index (χ1v) is 10.3. The van der Waals surface area contributed by atoms with Gasteiger partial charge in [0.25, 0.3) is 0 Å². The largest absolute Gasteiger partial charge is 0.341 e. The highest BCUT2D eigenvalue weighted by Gasteiger charge is 2.34. The lowest BCUT2D eigenvalue weighted by molar-refractivity contribution is -0.133. The van der Waals surface area contributed by atoms with Crippen LogP contribution in [0.2, 0.25) is 0 Å². The third kappa shape index (κ3) is 4.09. The number of likely N-dealkylation sites (tertiary alicyclic amines) is 1. The highest BCUT2D eigenvalue weighted by atomic mass is 32.2. The van der Waals surface area contributed by atoms with Crippen molar-refractivity contribution in [2.45, 2.75) is 46.6 Å². The van der Waals surface area contributed by atoms with E-state index >= 15 is 0 Å². The first-order chi connectivity index (χ1) is 11.1. The van der Waals surface area contributed by atoms with Crippen molar-refractivity contribution < 1.29 is 13.2 Å². The zero-order chi connectivity index (χ0) is 18.1. The van der Waals surface area contributed by atoms with E-state index in [1.165, 1.54) is 4.31 Å². The predicted octanol–water partition coefficient (Wildman–Crippen LogP) is 2.72. The number of piperidine rings is 1. The zero-order valence-electron chi connectivity index (χ0n) is 15.2. The van der Waals surface area contributed by atoms with Crippen molar-refractivity contribution in [1.29, 1.82) is 0 Å². The van der Waals surface area contributed by atoms with Crippen LogP contribution < -0.4 is 4.31 Å². The summed E-state index contributed by atoms with van der Waals surface area (Å²) in [4.78, 5) is 14.7. The van der Waals surface area contributed by atoms with E-state index in [1.807, 2.05) is 36.9 Å². The lowest BCUT2D eigenvalue weighted by Crippen LogP contribution is -2.51. The van der Waals surface area contributed by atoms with Crippen molar-refractivity contribution in [3.05, 3.63) is 29.3 Å². The molecule has 1 aromatic carbocycles. The smallest absolute Gasteiger partial charge is 0.246 e. The zero-order valence-corrected chi connectivity index (χ0v) is 16.1. The summed E-state index contributed by atoms with van der Waals surface area (Å²) in [7, 11) is -3.57. The second kappa shape index (κ2) is 7.13. The fourth-order valence-electron chi connectivity index (χ4n) is 3.39. The molecule has 2 rings (SSSR count). The van der Waals surface area contributed by atoms with Crippen LogP contribution in [-0.4, -0.2) is 44.6 Å². The number of nitrogens with zero attached hydrogens (tertiary/aromatic N) is 2. The van der Waals surface area contributed by atoms with Gasteiger partial charge < -0.3 is 4.90 Å². The van der Waals surface area contributed by atoms with Crippen molar-refractivity contribution in [2.24, 2.45) is 5.92 Å². The molecule has 5 nitrogen and oxygen atoms in total. The van der Waals surface area contributed by atoms with Gasteiger partial charge in [-0.1, -0.05) is 19.1 Å². The molecule has 1 aromatic rings. The quantitative estimate of drug-likeness (QED) is 0.837. The molecule has 0 saturated carbocycles. The Hall–Kier alpha value is -1.56. The van der Waals surface area contributed by atoms with Crippen molar-refractivity contribution in [3.63, 3.8) is 0 Å². The Balaban J connectivity index is 2.38. The number of rotatable bonds is 4. The monoisotopic (exact) mass is 352 g/mol. The summed E-state index contributed by atoms with van der Waals surface area (Å²) in [5, 5.41) is 0. The average Bonchev–Trinajstić information content (AvgIpc) is 2.48. The van der Waals surface area contributed by atoms with Gasteiger partial charge in [-0.15, -0.1) is 0 Å². The second-order valence-corrected chi connectivity index (χ2v) is 8.92. The van der Waals surface area contributed by atoms with E-state index in [0.29, 0.717) is 24.7 Å². The minimum atomic E-state index is -3.57. The molecule has 6 heteroatoms. The maximum Gasteiger partial charge on any atom is 0.246 e. The first kappa shape index (κ1) is 18.8. The fraction of sp³-hybridized carbons (Fsp3) is 0.611. The van der Waals surface area contributed by atoms with Gasteiger partial charge in [-0.25, -0.2) is 8.42 Å². The standard InChI is InChI=1S/C18H28N2O3S/c1-13-8-9-15(3)17(11-13)20(24(5,22)23)16(4)18(21)19-10-6-7-14(2)12-19/h8-9,11,14,16H,6-7,10,12H2,1-5H3. The number of anilines is 1. The van der Waals surface area contributed by atoms with Crippen LogP contribution in [0.3, 0.4) is 0 Å². The Morgan fingerprint density at radius 1 is 1.33 bits per heavy atom. The molecule has 0 aliphatic carbocycles. The molecule has 2 unspecified atom stereocenters. The molecule has 1 saturated heterocycles. The molecule has 1 fully saturated rings. The van der Waals surface area contributed by atoms with Crippen molar-refractivity contribution in [2.75, 3.05) is 23.7 Å². The molecule has 1 heterocycles. The van der Waals surface area contributed by atoms with Gasteiger partial charge in [0.15, 0.2) is 0 Å². The first-order valence-electron chi connectivity index (χ1n) is 8.46. The van der Waals surface area contributed by atoms with E-state index in [1.54, 1.807) is 6.92 Å². The van der Waals surface area contributed by atoms with E-state index in [2.05, 4.69) is 6.92 Å². The summed E-state index contributed by atoms with van der Waals surface area (Å²) in [6, 6.07) is 4.92. The summed E-state index contributed by atoms with van der Waals surface area (Å²) < 4.78 is 26.2. The molecule has 0 N–H and O–H groups in total. The van der Waals surface area contributed by atoms with E-state index in [0.717, 1.165) is 30.2 Å². The lowest BCUT2D eigenvalue weighted by atomic mass is 9.99. The molecule has 1 aliphatic heterocycles. The molecule has 0 spiro atoms. The molecule has 1 amide bonds. The molecule has 1 aliphatic rings. The number of sulfonamides is 1. The summed E-state index contributed by atoms with van der Waals surface area (Å²) in [6.45, 7) is 9.01. The third-order valence-electron chi connectivity index (χ3n) is 4.64. The Morgan fingerprint density at radius 2 is 2.00 bits per heavy atom. The van der Waals surface area contributed by atoms with Crippen LogP contribution in [0.4, 0.5) is 5.69 Å². The molecule has 0 aromatic heterocycles.